The molecule has 1 N–H and O–H groups in total. The Hall–Kier alpha value is -2.47. The Morgan fingerprint density at radius 2 is 1.52 bits per heavy atom. The van der Waals surface area contributed by atoms with Gasteiger partial charge in [-0.1, -0.05) is 12.1 Å². The van der Waals surface area contributed by atoms with Crippen LogP contribution in [0.1, 0.15) is 24.1 Å². The van der Waals surface area contributed by atoms with Gasteiger partial charge in [0.25, 0.3) is 0 Å². The molecule has 5 nitrogen and oxygen atoms in total. The van der Waals surface area contributed by atoms with Crippen molar-refractivity contribution in [2.45, 2.75) is 19.5 Å². The maximum absolute atomic E-state index is 13.9. The van der Waals surface area contributed by atoms with E-state index in [1.54, 1.807) is 27.4 Å². The highest BCUT2D eigenvalue weighted by atomic mass is 19.1. The fourth-order valence-electron chi connectivity index (χ4n) is 2.64. The second-order valence-electron chi connectivity index (χ2n) is 5.49. The van der Waals surface area contributed by atoms with Crippen molar-refractivity contribution < 1.29 is 23.3 Å². The fourth-order valence-corrected chi connectivity index (χ4v) is 2.64. The van der Waals surface area contributed by atoms with Gasteiger partial charge in [-0.3, -0.25) is 0 Å². The van der Waals surface area contributed by atoms with E-state index >= 15 is 0 Å². The number of hydrogen-bond donors (Lipinski definition) is 1. The molecule has 0 spiro atoms. The molecule has 0 amide bonds. The lowest BCUT2D eigenvalue weighted by atomic mass is 10.1. The van der Waals surface area contributed by atoms with Gasteiger partial charge in [-0.25, -0.2) is 4.39 Å². The predicted molar refractivity (Wildman–Crippen MR) is 94.3 cm³/mol. The maximum Gasteiger partial charge on any atom is 0.203 e. The molecule has 6 heteroatoms. The highest BCUT2D eigenvalue weighted by Gasteiger charge is 2.16. The number of benzene rings is 2. The standard InChI is InChI=1S/C19H24FNO4/c1-12(13-6-8-16(22-2)15(20)10-13)21-11-14-7-9-17(23-3)19(25-5)18(14)24-4/h6-10,12,21H,11H2,1-5H3/t12-/m0/s1. The zero-order chi connectivity index (χ0) is 18.4. The Labute approximate surface area is 147 Å². The number of halogens is 1. The monoisotopic (exact) mass is 349 g/mol. The third kappa shape index (κ3) is 4.14. The summed E-state index contributed by atoms with van der Waals surface area (Å²) in [7, 11) is 6.18. The lowest BCUT2D eigenvalue weighted by Crippen LogP contribution is -2.19. The van der Waals surface area contributed by atoms with Gasteiger partial charge in [0.15, 0.2) is 23.1 Å². The Balaban J connectivity index is 2.16. The molecule has 0 radical (unpaired) electrons. The van der Waals surface area contributed by atoms with Gasteiger partial charge < -0.3 is 24.3 Å². The van der Waals surface area contributed by atoms with Gasteiger partial charge in [0, 0.05) is 18.2 Å². The van der Waals surface area contributed by atoms with Crippen molar-refractivity contribution >= 4 is 0 Å². The van der Waals surface area contributed by atoms with Crippen LogP contribution in [0.25, 0.3) is 0 Å². The Kier molecular flexibility index (Phi) is 6.47. The van der Waals surface area contributed by atoms with Gasteiger partial charge in [-0.05, 0) is 30.7 Å². The predicted octanol–water partition coefficient (Wildman–Crippen LogP) is 3.71. The van der Waals surface area contributed by atoms with Crippen LogP contribution in [0, 0.1) is 5.82 Å². The molecule has 0 aliphatic heterocycles. The minimum atomic E-state index is -0.377. The maximum atomic E-state index is 13.9. The third-order valence-corrected chi connectivity index (χ3v) is 4.06. The minimum Gasteiger partial charge on any atom is -0.494 e. The summed E-state index contributed by atoms with van der Waals surface area (Å²) < 4.78 is 35.0. The van der Waals surface area contributed by atoms with Crippen molar-refractivity contribution in [2.75, 3.05) is 28.4 Å². The van der Waals surface area contributed by atoms with Crippen molar-refractivity contribution in [1.82, 2.24) is 5.32 Å². The highest BCUT2D eigenvalue weighted by Crippen LogP contribution is 2.39. The number of hydrogen-bond acceptors (Lipinski definition) is 5. The summed E-state index contributed by atoms with van der Waals surface area (Å²) in [5.41, 5.74) is 1.75. The molecule has 25 heavy (non-hydrogen) atoms. The first-order valence-electron chi connectivity index (χ1n) is 7.90. The van der Waals surface area contributed by atoms with Crippen LogP contribution in [-0.4, -0.2) is 28.4 Å². The summed E-state index contributed by atoms with van der Waals surface area (Å²) in [5.74, 6) is 1.62. The first kappa shape index (κ1) is 18.9. The average molecular weight is 349 g/mol. The summed E-state index contributed by atoms with van der Waals surface area (Å²) >= 11 is 0. The Morgan fingerprint density at radius 3 is 2.08 bits per heavy atom. The molecule has 0 aromatic heterocycles. The van der Waals surface area contributed by atoms with Crippen molar-refractivity contribution in [2.24, 2.45) is 0 Å². The van der Waals surface area contributed by atoms with Crippen LogP contribution in [0.5, 0.6) is 23.0 Å². The van der Waals surface area contributed by atoms with Gasteiger partial charge >= 0.3 is 0 Å². The van der Waals surface area contributed by atoms with Crippen LogP contribution < -0.4 is 24.3 Å². The van der Waals surface area contributed by atoms with Crippen LogP contribution in [0.2, 0.25) is 0 Å². The topological polar surface area (TPSA) is 49.0 Å². The van der Waals surface area contributed by atoms with Crippen LogP contribution >= 0.6 is 0 Å². The van der Waals surface area contributed by atoms with Crippen molar-refractivity contribution in [3.8, 4) is 23.0 Å². The van der Waals surface area contributed by atoms with Gasteiger partial charge in [0.05, 0.1) is 28.4 Å². The van der Waals surface area contributed by atoms with Crippen molar-refractivity contribution in [3.63, 3.8) is 0 Å². The number of ether oxygens (including phenoxy) is 4. The van der Waals surface area contributed by atoms with E-state index in [1.165, 1.54) is 13.2 Å². The number of rotatable bonds is 8. The largest absolute Gasteiger partial charge is 0.494 e. The molecule has 0 aliphatic rings. The molecule has 0 saturated carbocycles. The summed E-state index contributed by atoms with van der Waals surface area (Å²) in [6.07, 6.45) is 0. The second-order valence-corrected chi connectivity index (χ2v) is 5.49. The second kappa shape index (κ2) is 8.58. The SMILES string of the molecule is COc1ccc([C@H](C)NCc2ccc(OC)c(OC)c2OC)cc1F. The first-order chi connectivity index (χ1) is 12.0. The Bertz CT molecular complexity index is 721. The smallest absolute Gasteiger partial charge is 0.203 e. The molecule has 0 heterocycles. The molecule has 136 valence electrons. The van der Waals surface area contributed by atoms with Crippen LogP contribution in [0.4, 0.5) is 4.39 Å². The molecular weight excluding hydrogens is 325 g/mol. The van der Waals surface area contributed by atoms with Crippen LogP contribution in [-0.2, 0) is 6.54 Å². The van der Waals surface area contributed by atoms with Gasteiger partial charge in [-0.15, -0.1) is 0 Å². The molecule has 0 aliphatic carbocycles. The molecule has 2 rings (SSSR count). The van der Waals surface area contributed by atoms with Crippen LogP contribution in [0.3, 0.4) is 0 Å². The van der Waals surface area contributed by atoms with Gasteiger partial charge in [0.1, 0.15) is 0 Å². The summed E-state index contributed by atoms with van der Waals surface area (Å²) in [5, 5.41) is 3.36. The average Bonchev–Trinajstić information content (AvgIpc) is 2.64. The molecule has 2 aromatic carbocycles. The number of methoxy groups -OCH3 is 4. The molecule has 0 unspecified atom stereocenters. The quantitative estimate of drug-likeness (QED) is 0.787. The van der Waals surface area contributed by atoms with E-state index < -0.39 is 0 Å². The minimum absolute atomic E-state index is 0.0572. The zero-order valence-corrected chi connectivity index (χ0v) is 15.2. The van der Waals surface area contributed by atoms with E-state index in [4.69, 9.17) is 18.9 Å². The molecule has 2 aromatic rings. The van der Waals surface area contributed by atoms with Crippen molar-refractivity contribution in [1.29, 1.82) is 0 Å². The van der Waals surface area contributed by atoms with E-state index in [0.29, 0.717) is 23.8 Å². The Morgan fingerprint density at radius 1 is 0.880 bits per heavy atom. The summed E-state index contributed by atoms with van der Waals surface area (Å²) in [6, 6.07) is 8.62. The van der Waals surface area contributed by atoms with Gasteiger partial charge in [0.2, 0.25) is 5.75 Å². The molecule has 1 atom stereocenters. The fraction of sp³-hybridized carbons (Fsp3) is 0.368. The van der Waals surface area contributed by atoms with E-state index in [0.717, 1.165) is 11.1 Å². The van der Waals surface area contributed by atoms with E-state index in [-0.39, 0.29) is 17.6 Å². The van der Waals surface area contributed by atoms with Crippen LogP contribution in [0.15, 0.2) is 30.3 Å². The molecule has 0 fully saturated rings. The molecule has 0 saturated heterocycles. The van der Waals surface area contributed by atoms with Gasteiger partial charge in [-0.2, -0.15) is 0 Å². The lowest BCUT2D eigenvalue weighted by molar-refractivity contribution is 0.321. The molecule has 0 bridgehead atoms. The van der Waals surface area contributed by atoms with E-state index in [2.05, 4.69) is 5.32 Å². The third-order valence-electron chi connectivity index (χ3n) is 4.06. The van der Waals surface area contributed by atoms with E-state index in [1.807, 2.05) is 25.1 Å². The summed E-state index contributed by atoms with van der Waals surface area (Å²) in [6.45, 7) is 2.49. The normalized spacial score (nSPS) is 11.8. The highest BCUT2D eigenvalue weighted by molar-refractivity contribution is 5.55. The number of nitrogens with one attached hydrogen (secondary N) is 1. The lowest BCUT2D eigenvalue weighted by Gasteiger charge is -2.19. The van der Waals surface area contributed by atoms with E-state index in [9.17, 15) is 4.39 Å². The molecular formula is C19H24FNO4. The first-order valence-corrected chi connectivity index (χ1v) is 7.90. The van der Waals surface area contributed by atoms with Crippen molar-refractivity contribution in [3.05, 3.63) is 47.3 Å². The zero-order valence-electron chi connectivity index (χ0n) is 15.2. The summed E-state index contributed by atoms with van der Waals surface area (Å²) in [4.78, 5) is 0.